The molecule has 2 N–H and O–H groups in total. The number of hydrogen-bond donors (Lipinski definition) is 2. The second kappa shape index (κ2) is 4.84. The summed E-state index contributed by atoms with van der Waals surface area (Å²) < 4.78 is 1.80. The van der Waals surface area contributed by atoms with E-state index in [-0.39, 0.29) is 24.5 Å². The molecule has 2 aliphatic rings. The van der Waals surface area contributed by atoms with Gasteiger partial charge in [0.2, 0.25) is 0 Å². The van der Waals surface area contributed by atoms with Gasteiger partial charge in [-0.15, -0.1) is 0 Å². The van der Waals surface area contributed by atoms with E-state index in [0.717, 1.165) is 12.1 Å². The van der Waals surface area contributed by atoms with Gasteiger partial charge in [0.15, 0.2) is 0 Å². The van der Waals surface area contributed by atoms with E-state index in [4.69, 9.17) is 0 Å². The molecule has 2 aromatic heterocycles. The van der Waals surface area contributed by atoms with Crippen molar-refractivity contribution in [3.63, 3.8) is 0 Å². The summed E-state index contributed by atoms with van der Waals surface area (Å²) in [5, 5.41) is 12.8. The number of aliphatic hydroxyl groups excluding tert-OH is 1. The van der Waals surface area contributed by atoms with Crippen LogP contribution in [0.25, 0.3) is 5.65 Å². The highest BCUT2D eigenvalue weighted by atomic mass is 16.3. The minimum atomic E-state index is -0.0929. The van der Waals surface area contributed by atoms with E-state index in [9.17, 15) is 9.90 Å². The van der Waals surface area contributed by atoms with Crippen molar-refractivity contribution in [3.05, 3.63) is 36.3 Å². The second-order valence-electron chi connectivity index (χ2n) is 6.25. The van der Waals surface area contributed by atoms with E-state index < -0.39 is 0 Å². The number of rotatable bonds is 3. The Hall–Kier alpha value is -1.88. The number of carbonyl (C=O) groups is 1. The quantitative estimate of drug-likeness (QED) is 0.897. The molecule has 0 aromatic carbocycles. The fourth-order valence-electron chi connectivity index (χ4n) is 4.22. The Morgan fingerprint density at radius 1 is 1.38 bits per heavy atom. The highest BCUT2D eigenvalue weighted by molar-refractivity contribution is 5.93. The maximum absolute atomic E-state index is 12.6. The predicted molar refractivity (Wildman–Crippen MR) is 77.9 cm³/mol. The van der Waals surface area contributed by atoms with E-state index in [2.05, 4.69) is 10.3 Å². The summed E-state index contributed by atoms with van der Waals surface area (Å²) in [5.41, 5.74) is 1.33. The molecule has 0 aliphatic heterocycles. The lowest BCUT2D eigenvalue weighted by molar-refractivity contribution is 0.0856. The molecule has 5 heteroatoms. The smallest absolute Gasteiger partial charge is 0.270 e. The van der Waals surface area contributed by atoms with Crippen LogP contribution in [-0.2, 0) is 0 Å². The molecular formula is C16H19N3O2. The fourth-order valence-corrected chi connectivity index (χ4v) is 4.22. The van der Waals surface area contributed by atoms with Crippen molar-refractivity contribution in [3.8, 4) is 0 Å². The first-order chi connectivity index (χ1) is 10.3. The van der Waals surface area contributed by atoms with E-state index in [1.165, 1.54) is 12.8 Å². The molecule has 5 nitrogen and oxygen atoms in total. The molecule has 0 saturated heterocycles. The van der Waals surface area contributed by atoms with Crippen LogP contribution in [0.3, 0.4) is 0 Å². The van der Waals surface area contributed by atoms with Crippen LogP contribution in [0.2, 0.25) is 0 Å². The molecule has 0 spiro atoms. The third-order valence-electron chi connectivity index (χ3n) is 5.25. The third kappa shape index (κ3) is 1.95. The number of aromatic nitrogens is 2. The van der Waals surface area contributed by atoms with Crippen LogP contribution in [0.15, 0.2) is 30.6 Å². The van der Waals surface area contributed by atoms with Crippen molar-refractivity contribution in [2.75, 3.05) is 6.61 Å². The van der Waals surface area contributed by atoms with Crippen molar-refractivity contribution in [2.24, 2.45) is 17.8 Å². The van der Waals surface area contributed by atoms with Gasteiger partial charge in [0.25, 0.3) is 5.91 Å². The molecule has 1 amide bonds. The summed E-state index contributed by atoms with van der Waals surface area (Å²) >= 11 is 0. The minimum Gasteiger partial charge on any atom is -0.396 e. The van der Waals surface area contributed by atoms with Crippen molar-refractivity contribution < 1.29 is 9.90 Å². The summed E-state index contributed by atoms with van der Waals surface area (Å²) in [6.07, 6.45) is 6.97. The van der Waals surface area contributed by atoms with Gasteiger partial charge >= 0.3 is 0 Å². The largest absolute Gasteiger partial charge is 0.396 e. The summed E-state index contributed by atoms with van der Waals surface area (Å²) in [4.78, 5) is 16.8. The number of amides is 1. The molecule has 2 aliphatic carbocycles. The van der Waals surface area contributed by atoms with Gasteiger partial charge in [-0.3, -0.25) is 9.20 Å². The molecule has 2 heterocycles. The number of carbonyl (C=O) groups excluding carboxylic acids is 1. The predicted octanol–water partition coefficient (Wildman–Crippen LogP) is 1.47. The summed E-state index contributed by atoms with van der Waals surface area (Å²) in [6, 6.07) is 5.78. The first kappa shape index (κ1) is 12.8. The van der Waals surface area contributed by atoms with Crippen molar-refractivity contribution in [2.45, 2.75) is 25.3 Å². The Labute approximate surface area is 123 Å². The molecule has 21 heavy (non-hydrogen) atoms. The summed E-state index contributed by atoms with van der Waals surface area (Å²) in [7, 11) is 0. The van der Waals surface area contributed by atoms with Gasteiger partial charge in [-0.1, -0.05) is 6.07 Å². The Morgan fingerprint density at radius 3 is 3.10 bits per heavy atom. The van der Waals surface area contributed by atoms with E-state index in [0.29, 0.717) is 17.5 Å². The average Bonchev–Trinajstić information content (AvgIpc) is 3.20. The van der Waals surface area contributed by atoms with Crippen LogP contribution in [-0.4, -0.2) is 33.0 Å². The van der Waals surface area contributed by atoms with Gasteiger partial charge in [-0.2, -0.15) is 0 Å². The van der Waals surface area contributed by atoms with Gasteiger partial charge in [0.05, 0.1) is 6.20 Å². The Bertz CT molecular complexity index is 681. The average molecular weight is 285 g/mol. The SMILES string of the molecule is O=C(NC1C2CCC(C2)C1CO)c1cnc2ccccn12. The Morgan fingerprint density at radius 2 is 2.24 bits per heavy atom. The monoisotopic (exact) mass is 285 g/mol. The van der Waals surface area contributed by atoms with E-state index in [1.54, 1.807) is 10.6 Å². The number of fused-ring (bicyclic) bond motifs is 3. The zero-order valence-electron chi connectivity index (χ0n) is 11.8. The van der Waals surface area contributed by atoms with E-state index >= 15 is 0 Å². The van der Waals surface area contributed by atoms with Crippen molar-refractivity contribution in [1.82, 2.24) is 14.7 Å². The molecule has 4 rings (SSSR count). The third-order valence-corrected chi connectivity index (χ3v) is 5.25. The second-order valence-corrected chi connectivity index (χ2v) is 6.25. The fraction of sp³-hybridized carbons (Fsp3) is 0.500. The molecule has 2 fully saturated rings. The van der Waals surface area contributed by atoms with Crippen LogP contribution in [0.4, 0.5) is 0 Å². The highest BCUT2D eigenvalue weighted by Crippen LogP contribution is 2.48. The number of aliphatic hydroxyl groups is 1. The summed E-state index contributed by atoms with van der Waals surface area (Å²) in [6.45, 7) is 0.166. The first-order valence-electron chi connectivity index (χ1n) is 7.61. The zero-order valence-corrected chi connectivity index (χ0v) is 11.8. The van der Waals surface area contributed by atoms with Gasteiger partial charge < -0.3 is 10.4 Å². The lowest BCUT2D eigenvalue weighted by Gasteiger charge is -2.30. The van der Waals surface area contributed by atoms with Crippen molar-refractivity contribution >= 4 is 11.6 Å². The highest BCUT2D eigenvalue weighted by Gasteiger charge is 2.47. The number of imidazole rings is 1. The summed E-state index contributed by atoms with van der Waals surface area (Å²) in [5.74, 6) is 1.22. The maximum Gasteiger partial charge on any atom is 0.270 e. The van der Waals surface area contributed by atoms with Gasteiger partial charge in [-0.25, -0.2) is 4.98 Å². The molecule has 110 valence electrons. The molecule has 2 saturated carbocycles. The van der Waals surface area contributed by atoms with E-state index in [1.807, 2.05) is 24.4 Å². The topological polar surface area (TPSA) is 66.6 Å². The van der Waals surface area contributed by atoms with Crippen LogP contribution in [0, 0.1) is 17.8 Å². The Kier molecular flexibility index (Phi) is 2.96. The van der Waals surface area contributed by atoms with Crippen LogP contribution < -0.4 is 5.32 Å². The molecular weight excluding hydrogens is 266 g/mol. The number of pyridine rings is 1. The molecule has 0 radical (unpaired) electrons. The van der Waals surface area contributed by atoms with Gasteiger partial charge in [0.1, 0.15) is 11.3 Å². The molecule has 4 unspecified atom stereocenters. The molecule has 4 atom stereocenters. The Balaban J connectivity index is 1.58. The zero-order chi connectivity index (χ0) is 14.4. The number of nitrogens with one attached hydrogen (secondary N) is 1. The van der Waals surface area contributed by atoms with Gasteiger partial charge in [0, 0.05) is 24.8 Å². The van der Waals surface area contributed by atoms with Crippen LogP contribution >= 0.6 is 0 Å². The number of hydrogen-bond acceptors (Lipinski definition) is 3. The van der Waals surface area contributed by atoms with Gasteiger partial charge in [-0.05, 0) is 43.2 Å². The minimum absolute atomic E-state index is 0.0929. The van der Waals surface area contributed by atoms with Crippen LogP contribution in [0.1, 0.15) is 29.8 Å². The standard InChI is InChI=1S/C16H19N3O2/c20-9-12-10-4-5-11(7-10)15(12)18-16(21)13-8-17-14-3-1-2-6-19(13)14/h1-3,6,8,10-12,15,20H,4-5,7,9H2,(H,18,21). The first-order valence-corrected chi connectivity index (χ1v) is 7.61. The van der Waals surface area contributed by atoms with Crippen molar-refractivity contribution in [1.29, 1.82) is 0 Å². The molecule has 2 bridgehead atoms. The normalized spacial score (nSPS) is 30.9. The maximum atomic E-state index is 12.6. The number of nitrogens with zero attached hydrogens (tertiary/aromatic N) is 2. The lowest BCUT2D eigenvalue weighted by Crippen LogP contribution is -2.45. The lowest BCUT2D eigenvalue weighted by atomic mass is 9.85. The van der Waals surface area contributed by atoms with Crippen LogP contribution in [0.5, 0.6) is 0 Å². The molecule has 2 aromatic rings.